The van der Waals surface area contributed by atoms with Gasteiger partial charge in [-0.2, -0.15) is 0 Å². The van der Waals surface area contributed by atoms with Gasteiger partial charge in [0, 0.05) is 24.1 Å². The van der Waals surface area contributed by atoms with Gasteiger partial charge in [0.05, 0.1) is 25.5 Å². The van der Waals surface area contributed by atoms with E-state index in [1.807, 2.05) is 18.3 Å². The number of aromatic nitrogens is 1. The Morgan fingerprint density at radius 2 is 1.46 bits per heavy atom. The second kappa shape index (κ2) is 19.2. The van der Waals surface area contributed by atoms with Gasteiger partial charge in [0.15, 0.2) is 17.9 Å². The van der Waals surface area contributed by atoms with E-state index in [0.717, 1.165) is 55.7 Å². The van der Waals surface area contributed by atoms with E-state index in [4.69, 9.17) is 14.2 Å². The first-order chi connectivity index (χ1) is 19.2. The van der Waals surface area contributed by atoms with Crippen LogP contribution in [0.2, 0.25) is 0 Å². The molecule has 0 N–H and O–H groups in total. The molecule has 2 aromatic rings. The lowest BCUT2D eigenvalue weighted by Gasteiger charge is -2.29. The van der Waals surface area contributed by atoms with Gasteiger partial charge in [0.1, 0.15) is 0 Å². The van der Waals surface area contributed by atoms with Crippen LogP contribution in [0.25, 0.3) is 11.3 Å². The van der Waals surface area contributed by atoms with Gasteiger partial charge in [-0.15, -0.1) is 0 Å². The maximum Gasteiger partial charge on any atom is 0.165 e. The molecule has 0 amide bonds. The molecule has 1 aliphatic rings. The molecule has 2 heterocycles. The number of benzene rings is 1. The smallest absolute Gasteiger partial charge is 0.165 e. The van der Waals surface area contributed by atoms with Gasteiger partial charge in [0.2, 0.25) is 0 Å². The van der Waals surface area contributed by atoms with E-state index < -0.39 is 0 Å². The predicted octanol–water partition coefficient (Wildman–Crippen LogP) is 9.69. The molecule has 1 fully saturated rings. The zero-order valence-corrected chi connectivity index (χ0v) is 24.6. The van der Waals surface area contributed by atoms with Crippen LogP contribution in [0.4, 0.5) is 4.39 Å². The highest BCUT2D eigenvalue weighted by molar-refractivity contribution is 5.60. The van der Waals surface area contributed by atoms with Crippen molar-refractivity contribution in [1.82, 2.24) is 4.98 Å². The van der Waals surface area contributed by atoms with Gasteiger partial charge >= 0.3 is 0 Å². The number of unbranched alkanes of at least 4 members (excludes halogenated alkanes) is 11. The van der Waals surface area contributed by atoms with E-state index in [9.17, 15) is 4.39 Å². The third kappa shape index (κ3) is 12.4. The van der Waals surface area contributed by atoms with Crippen molar-refractivity contribution in [3.8, 4) is 17.0 Å². The minimum atomic E-state index is -0.334. The van der Waals surface area contributed by atoms with E-state index in [1.165, 1.54) is 83.1 Å². The van der Waals surface area contributed by atoms with Crippen LogP contribution >= 0.6 is 0 Å². The zero-order chi connectivity index (χ0) is 27.5. The molecule has 5 heteroatoms. The average molecular weight is 542 g/mol. The van der Waals surface area contributed by atoms with Crippen molar-refractivity contribution in [3.05, 3.63) is 47.9 Å². The normalized spacial score (nSPS) is 17.4. The van der Waals surface area contributed by atoms with E-state index in [0.29, 0.717) is 18.3 Å². The van der Waals surface area contributed by atoms with Crippen molar-refractivity contribution in [2.24, 2.45) is 5.92 Å². The summed E-state index contributed by atoms with van der Waals surface area (Å²) in [7, 11) is 0. The fourth-order valence-corrected chi connectivity index (χ4v) is 5.18. The Morgan fingerprint density at radius 3 is 2.10 bits per heavy atom. The maximum absolute atomic E-state index is 14.6. The van der Waals surface area contributed by atoms with E-state index in [2.05, 4.69) is 24.9 Å². The Bertz CT molecular complexity index is 896. The second-order valence-electron chi connectivity index (χ2n) is 11.2. The minimum Gasteiger partial charge on any atom is -0.491 e. The largest absolute Gasteiger partial charge is 0.491 e. The SMILES string of the molecule is CCCCCCCCCC[C@H]1CO[C@H](CCc2ccc(-c3ccc(OCCCCCCC)c(F)c3)nc2)OC1. The summed E-state index contributed by atoms with van der Waals surface area (Å²) in [5.41, 5.74) is 2.66. The summed E-state index contributed by atoms with van der Waals surface area (Å²) in [5.74, 6) is 0.517. The molecule has 1 aromatic carbocycles. The lowest BCUT2D eigenvalue weighted by Crippen LogP contribution is -2.32. The molecule has 4 nitrogen and oxygen atoms in total. The van der Waals surface area contributed by atoms with Crippen LogP contribution in [-0.2, 0) is 15.9 Å². The molecular weight excluding hydrogens is 489 g/mol. The quantitative estimate of drug-likeness (QED) is 0.156. The molecule has 1 aromatic heterocycles. The number of hydrogen-bond donors (Lipinski definition) is 0. The number of nitrogens with zero attached hydrogens (tertiary/aromatic N) is 1. The van der Waals surface area contributed by atoms with Crippen LogP contribution in [-0.4, -0.2) is 31.1 Å². The molecule has 218 valence electrons. The van der Waals surface area contributed by atoms with Crippen LogP contribution in [0.5, 0.6) is 5.75 Å². The lowest BCUT2D eigenvalue weighted by atomic mass is 10.0. The summed E-state index contributed by atoms with van der Waals surface area (Å²) in [6, 6.07) is 9.13. The van der Waals surface area contributed by atoms with Gasteiger partial charge < -0.3 is 14.2 Å². The number of pyridine rings is 1. The van der Waals surface area contributed by atoms with Gasteiger partial charge in [-0.1, -0.05) is 97.0 Å². The average Bonchev–Trinajstić information content (AvgIpc) is 2.97. The Balaban J connectivity index is 1.30. The van der Waals surface area contributed by atoms with Crippen LogP contribution in [0, 0.1) is 11.7 Å². The fourth-order valence-electron chi connectivity index (χ4n) is 5.18. The van der Waals surface area contributed by atoms with Crippen LogP contribution in [0.1, 0.15) is 116 Å². The van der Waals surface area contributed by atoms with Gasteiger partial charge in [-0.05, 0) is 49.1 Å². The Kier molecular flexibility index (Phi) is 15.5. The second-order valence-corrected chi connectivity index (χ2v) is 11.2. The number of halogens is 1. The molecule has 1 aliphatic heterocycles. The summed E-state index contributed by atoms with van der Waals surface area (Å²) in [5, 5.41) is 0. The summed E-state index contributed by atoms with van der Waals surface area (Å²) in [6.07, 6.45) is 21.2. The molecule has 0 aliphatic carbocycles. The number of rotatable bonds is 20. The van der Waals surface area contributed by atoms with Crippen molar-refractivity contribution in [1.29, 1.82) is 0 Å². The highest BCUT2D eigenvalue weighted by Gasteiger charge is 2.21. The third-order valence-corrected chi connectivity index (χ3v) is 7.73. The first kappa shape index (κ1) is 31.5. The predicted molar refractivity (Wildman–Crippen MR) is 159 cm³/mol. The standard InChI is InChI=1S/C34H52FNO3/c1-3-5-7-9-10-11-12-14-16-29-26-38-34(39-27-29)22-18-28-17-20-32(36-25-28)30-19-21-33(31(35)24-30)37-23-15-13-8-6-4-2/h17,19-21,24-25,29,34H,3-16,18,22-23,26-27H2,1-2H3/t29-,34-. The van der Waals surface area contributed by atoms with Crippen molar-refractivity contribution in [3.63, 3.8) is 0 Å². The van der Waals surface area contributed by atoms with Crippen LogP contribution in [0.15, 0.2) is 36.5 Å². The molecule has 39 heavy (non-hydrogen) atoms. The maximum atomic E-state index is 14.6. The molecule has 0 unspecified atom stereocenters. The summed E-state index contributed by atoms with van der Waals surface area (Å²) in [4.78, 5) is 4.58. The van der Waals surface area contributed by atoms with Crippen molar-refractivity contribution in [2.45, 2.75) is 123 Å². The Hall–Kier alpha value is -1.98. The molecule has 0 bridgehead atoms. The minimum absolute atomic E-state index is 0.132. The van der Waals surface area contributed by atoms with E-state index >= 15 is 0 Å². The molecule has 0 radical (unpaired) electrons. The van der Waals surface area contributed by atoms with Crippen molar-refractivity contribution >= 4 is 0 Å². The van der Waals surface area contributed by atoms with Crippen molar-refractivity contribution < 1.29 is 18.6 Å². The van der Waals surface area contributed by atoms with E-state index in [-0.39, 0.29) is 12.1 Å². The molecule has 1 saturated heterocycles. The number of aryl methyl sites for hydroxylation is 1. The molecule has 0 atom stereocenters. The summed E-state index contributed by atoms with van der Waals surface area (Å²) >= 11 is 0. The van der Waals surface area contributed by atoms with Gasteiger partial charge in [0.25, 0.3) is 0 Å². The van der Waals surface area contributed by atoms with Crippen LogP contribution < -0.4 is 4.74 Å². The molecule has 3 rings (SSSR count). The Morgan fingerprint density at radius 1 is 0.795 bits per heavy atom. The van der Waals surface area contributed by atoms with Gasteiger partial charge in [-0.3, -0.25) is 4.98 Å². The fraction of sp³-hybridized carbons (Fsp3) is 0.676. The number of hydrogen-bond acceptors (Lipinski definition) is 4. The molecular formula is C34H52FNO3. The first-order valence-corrected chi connectivity index (χ1v) is 15.8. The highest BCUT2D eigenvalue weighted by Crippen LogP contribution is 2.26. The molecule has 0 saturated carbocycles. The third-order valence-electron chi connectivity index (χ3n) is 7.73. The topological polar surface area (TPSA) is 40.6 Å². The summed E-state index contributed by atoms with van der Waals surface area (Å²) in [6.45, 7) is 6.64. The van der Waals surface area contributed by atoms with Crippen molar-refractivity contribution in [2.75, 3.05) is 19.8 Å². The van der Waals surface area contributed by atoms with E-state index in [1.54, 1.807) is 6.07 Å². The van der Waals surface area contributed by atoms with Gasteiger partial charge in [-0.25, -0.2) is 4.39 Å². The Labute approximate surface area is 237 Å². The zero-order valence-electron chi connectivity index (χ0n) is 24.6. The molecule has 0 spiro atoms. The summed E-state index contributed by atoms with van der Waals surface area (Å²) < 4.78 is 32.2. The number of ether oxygens (including phenoxy) is 3. The highest BCUT2D eigenvalue weighted by atomic mass is 19.1. The monoisotopic (exact) mass is 541 g/mol. The first-order valence-electron chi connectivity index (χ1n) is 15.8. The van der Waals surface area contributed by atoms with Crippen LogP contribution in [0.3, 0.4) is 0 Å². The lowest BCUT2D eigenvalue weighted by molar-refractivity contribution is -0.203.